The third-order valence-corrected chi connectivity index (χ3v) is 4.99. The Bertz CT molecular complexity index is 299. The minimum Gasteiger partial charge on any atom is -0.315 e. The zero-order chi connectivity index (χ0) is 13.0. The SMILES string of the molecule is CC(C)(C)CCCNCC(C)(C)S(C)(=O)=O. The van der Waals surface area contributed by atoms with Gasteiger partial charge in [0.05, 0.1) is 4.75 Å². The zero-order valence-electron chi connectivity index (χ0n) is 11.6. The van der Waals surface area contributed by atoms with E-state index in [1.807, 2.05) is 0 Å². The van der Waals surface area contributed by atoms with E-state index in [2.05, 4.69) is 26.1 Å². The third-order valence-electron chi connectivity index (χ3n) is 2.83. The van der Waals surface area contributed by atoms with Gasteiger partial charge < -0.3 is 5.32 Å². The van der Waals surface area contributed by atoms with E-state index in [9.17, 15) is 8.42 Å². The molecule has 4 heteroatoms. The maximum atomic E-state index is 11.4. The highest BCUT2D eigenvalue weighted by molar-refractivity contribution is 7.92. The quantitative estimate of drug-likeness (QED) is 0.734. The summed E-state index contributed by atoms with van der Waals surface area (Å²) in [6, 6.07) is 0. The van der Waals surface area contributed by atoms with Gasteiger partial charge in [0.15, 0.2) is 9.84 Å². The van der Waals surface area contributed by atoms with Crippen molar-refractivity contribution in [2.75, 3.05) is 19.3 Å². The summed E-state index contributed by atoms with van der Waals surface area (Å²) < 4.78 is 22.2. The predicted molar refractivity (Wildman–Crippen MR) is 70.5 cm³/mol. The van der Waals surface area contributed by atoms with Gasteiger partial charge in [-0.05, 0) is 38.6 Å². The lowest BCUT2D eigenvalue weighted by Gasteiger charge is -2.23. The maximum absolute atomic E-state index is 11.4. The molecule has 0 spiro atoms. The molecule has 0 aliphatic heterocycles. The molecule has 0 aliphatic rings. The van der Waals surface area contributed by atoms with Gasteiger partial charge in [-0.3, -0.25) is 0 Å². The van der Waals surface area contributed by atoms with Crippen LogP contribution in [0.5, 0.6) is 0 Å². The van der Waals surface area contributed by atoms with E-state index in [1.54, 1.807) is 13.8 Å². The molecule has 0 aromatic carbocycles. The summed E-state index contributed by atoms with van der Waals surface area (Å²) in [4.78, 5) is 0. The van der Waals surface area contributed by atoms with Gasteiger partial charge in [-0.25, -0.2) is 8.42 Å². The number of hydrogen-bond donors (Lipinski definition) is 1. The standard InChI is InChI=1S/C12H27NO2S/c1-11(2,3)8-7-9-13-10-12(4,5)16(6,14)15/h13H,7-10H2,1-6H3. The molecular formula is C12H27NO2S. The van der Waals surface area contributed by atoms with Crippen LogP contribution < -0.4 is 5.32 Å². The van der Waals surface area contributed by atoms with Crippen molar-refractivity contribution in [3.05, 3.63) is 0 Å². The molecule has 0 fully saturated rings. The van der Waals surface area contributed by atoms with E-state index in [4.69, 9.17) is 0 Å². The predicted octanol–water partition coefficient (Wildman–Crippen LogP) is 2.23. The fourth-order valence-corrected chi connectivity index (χ4v) is 1.63. The van der Waals surface area contributed by atoms with Crippen LogP contribution in [0.4, 0.5) is 0 Å². The van der Waals surface area contributed by atoms with Gasteiger partial charge in [0.25, 0.3) is 0 Å². The highest BCUT2D eigenvalue weighted by atomic mass is 32.2. The average molecular weight is 249 g/mol. The van der Waals surface area contributed by atoms with Gasteiger partial charge in [0, 0.05) is 12.8 Å². The largest absolute Gasteiger partial charge is 0.315 e. The Labute approximate surface area is 101 Å². The second-order valence-electron chi connectivity index (χ2n) is 6.37. The molecule has 0 aromatic heterocycles. The van der Waals surface area contributed by atoms with Gasteiger partial charge >= 0.3 is 0 Å². The van der Waals surface area contributed by atoms with Crippen molar-refractivity contribution >= 4 is 9.84 Å². The normalized spacial score (nSPS) is 14.1. The van der Waals surface area contributed by atoms with Crippen molar-refractivity contribution in [2.24, 2.45) is 5.41 Å². The molecule has 0 radical (unpaired) electrons. The van der Waals surface area contributed by atoms with Gasteiger partial charge in [0.2, 0.25) is 0 Å². The summed E-state index contributed by atoms with van der Waals surface area (Å²) in [6.45, 7) is 11.6. The Balaban J connectivity index is 3.84. The summed E-state index contributed by atoms with van der Waals surface area (Å²) in [5, 5.41) is 3.23. The summed E-state index contributed by atoms with van der Waals surface area (Å²) in [7, 11) is -2.98. The van der Waals surface area contributed by atoms with Crippen LogP contribution in [0.2, 0.25) is 0 Å². The zero-order valence-corrected chi connectivity index (χ0v) is 12.4. The Morgan fingerprint density at radius 1 is 1.06 bits per heavy atom. The van der Waals surface area contributed by atoms with Crippen LogP contribution in [0.1, 0.15) is 47.5 Å². The Morgan fingerprint density at radius 2 is 1.56 bits per heavy atom. The first-order valence-electron chi connectivity index (χ1n) is 5.86. The van der Waals surface area contributed by atoms with Crippen molar-refractivity contribution in [3.63, 3.8) is 0 Å². The van der Waals surface area contributed by atoms with Crippen LogP contribution in [-0.2, 0) is 9.84 Å². The molecule has 0 atom stereocenters. The second-order valence-corrected chi connectivity index (χ2v) is 9.02. The molecule has 0 bridgehead atoms. The first-order chi connectivity index (χ1) is 6.96. The van der Waals surface area contributed by atoms with E-state index in [-0.39, 0.29) is 0 Å². The number of rotatable bonds is 6. The second kappa shape index (κ2) is 5.50. The summed E-state index contributed by atoms with van der Waals surface area (Å²) in [5.41, 5.74) is 0.355. The highest BCUT2D eigenvalue weighted by Crippen LogP contribution is 2.20. The van der Waals surface area contributed by atoms with Crippen LogP contribution in [0.3, 0.4) is 0 Å². The fourth-order valence-electron chi connectivity index (χ4n) is 1.26. The van der Waals surface area contributed by atoms with Crippen molar-refractivity contribution in [3.8, 4) is 0 Å². The molecule has 0 aliphatic carbocycles. The molecule has 0 saturated carbocycles. The van der Waals surface area contributed by atoms with E-state index in [1.165, 1.54) is 6.26 Å². The topological polar surface area (TPSA) is 46.2 Å². The minimum atomic E-state index is -2.98. The van der Waals surface area contributed by atoms with E-state index in [0.717, 1.165) is 19.4 Å². The van der Waals surface area contributed by atoms with Crippen LogP contribution in [0.25, 0.3) is 0 Å². The Morgan fingerprint density at radius 3 is 1.94 bits per heavy atom. The Kier molecular flexibility index (Phi) is 5.47. The number of nitrogens with one attached hydrogen (secondary N) is 1. The summed E-state index contributed by atoms with van der Waals surface area (Å²) >= 11 is 0. The van der Waals surface area contributed by atoms with Crippen LogP contribution in [0, 0.1) is 5.41 Å². The van der Waals surface area contributed by atoms with E-state index < -0.39 is 14.6 Å². The maximum Gasteiger partial charge on any atom is 0.153 e. The third kappa shape index (κ3) is 6.48. The van der Waals surface area contributed by atoms with Crippen molar-refractivity contribution in [1.29, 1.82) is 0 Å². The van der Waals surface area contributed by atoms with Crippen LogP contribution in [0.15, 0.2) is 0 Å². The van der Waals surface area contributed by atoms with Gasteiger partial charge in [0.1, 0.15) is 0 Å². The smallest absolute Gasteiger partial charge is 0.153 e. The molecule has 0 saturated heterocycles. The highest BCUT2D eigenvalue weighted by Gasteiger charge is 2.29. The molecule has 0 aromatic rings. The first kappa shape index (κ1) is 15.9. The fraction of sp³-hybridized carbons (Fsp3) is 1.00. The van der Waals surface area contributed by atoms with Crippen LogP contribution >= 0.6 is 0 Å². The monoisotopic (exact) mass is 249 g/mol. The minimum absolute atomic E-state index is 0.355. The van der Waals surface area contributed by atoms with Crippen LogP contribution in [-0.4, -0.2) is 32.5 Å². The van der Waals surface area contributed by atoms with Crippen molar-refractivity contribution in [2.45, 2.75) is 52.2 Å². The summed E-state index contributed by atoms with van der Waals surface area (Å²) in [5.74, 6) is 0. The molecule has 0 rings (SSSR count). The van der Waals surface area contributed by atoms with E-state index >= 15 is 0 Å². The molecule has 0 amide bonds. The van der Waals surface area contributed by atoms with Gasteiger partial charge in [-0.15, -0.1) is 0 Å². The lowest BCUT2D eigenvalue weighted by atomic mass is 9.91. The molecule has 98 valence electrons. The Hall–Kier alpha value is -0.0900. The number of hydrogen-bond acceptors (Lipinski definition) is 3. The molecule has 3 nitrogen and oxygen atoms in total. The van der Waals surface area contributed by atoms with Gasteiger partial charge in [-0.1, -0.05) is 20.8 Å². The molecule has 16 heavy (non-hydrogen) atoms. The molecule has 1 N–H and O–H groups in total. The van der Waals surface area contributed by atoms with E-state index in [0.29, 0.717) is 12.0 Å². The molecule has 0 unspecified atom stereocenters. The molecule has 0 heterocycles. The van der Waals surface area contributed by atoms with Crippen molar-refractivity contribution in [1.82, 2.24) is 5.32 Å². The lowest BCUT2D eigenvalue weighted by Crippen LogP contribution is -2.42. The average Bonchev–Trinajstić information content (AvgIpc) is 1.98. The number of sulfone groups is 1. The summed E-state index contributed by atoms with van der Waals surface area (Å²) in [6.07, 6.45) is 3.53. The first-order valence-corrected chi connectivity index (χ1v) is 7.75. The van der Waals surface area contributed by atoms with Gasteiger partial charge in [-0.2, -0.15) is 0 Å². The van der Waals surface area contributed by atoms with Crippen molar-refractivity contribution < 1.29 is 8.42 Å². The molecular weight excluding hydrogens is 222 g/mol. The lowest BCUT2D eigenvalue weighted by molar-refractivity contribution is 0.359.